The second-order valence-electron chi connectivity index (χ2n) is 9.67. The lowest BCUT2D eigenvalue weighted by Gasteiger charge is -2.44. The molecule has 2 saturated heterocycles. The van der Waals surface area contributed by atoms with Gasteiger partial charge in [0.25, 0.3) is 0 Å². The number of amides is 2. The largest absolute Gasteiger partial charge is 0.345 e. The fraction of sp³-hybridized carbons (Fsp3) is 0.905. The van der Waals surface area contributed by atoms with Crippen LogP contribution in [0.4, 0.5) is 0 Å². The molecule has 0 aliphatic carbocycles. The van der Waals surface area contributed by atoms with Crippen LogP contribution in [-0.4, -0.2) is 48.3 Å². The van der Waals surface area contributed by atoms with Gasteiger partial charge in [0.05, 0.1) is 0 Å². The van der Waals surface area contributed by atoms with Crippen molar-refractivity contribution in [2.24, 2.45) is 22.7 Å². The zero-order chi connectivity index (χ0) is 18.7. The molecular weight excluding hydrogens is 312 g/mol. The van der Waals surface area contributed by atoms with Gasteiger partial charge in [0.15, 0.2) is 0 Å². The summed E-state index contributed by atoms with van der Waals surface area (Å²) in [5.74, 6) is 1.66. The third-order valence-electron chi connectivity index (χ3n) is 7.24. The van der Waals surface area contributed by atoms with Crippen LogP contribution >= 0.6 is 0 Å². The van der Waals surface area contributed by atoms with Crippen molar-refractivity contribution in [2.45, 2.75) is 73.1 Å². The van der Waals surface area contributed by atoms with Crippen molar-refractivity contribution in [1.29, 1.82) is 0 Å². The Bertz CT molecular complexity index is 457. The monoisotopic (exact) mass is 350 g/mol. The van der Waals surface area contributed by atoms with Crippen LogP contribution in [0.3, 0.4) is 0 Å². The first kappa shape index (κ1) is 20.3. The smallest absolute Gasteiger partial charge is 0.219 e. The lowest BCUT2D eigenvalue weighted by molar-refractivity contribution is -0.130. The number of hydrogen-bond donors (Lipinski definition) is 0. The van der Waals surface area contributed by atoms with Gasteiger partial charge in [-0.05, 0) is 61.2 Å². The Morgan fingerprint density at radius 2 is 1.28 bits per heavy atom. The Morgan fingerprint density at radius 3 is 1.64 bits per heavy atom. The summed E-state index contributed by atoms with van der Waals surface area (Å²) in [5, 5.41) is 0. The zero-order valence-corrected chi connectivity index (χ0v) is 17.0. The van der Waals surface area contributed by atoms with Crippen molar-refractivity contribution in [3.05, 3.63) is 0 Å². The zero-order valence-electron chi connectivity index (χ0n) is 17.0. The van der Waals surface area contributed by atoms with Crippen molar-refractivity contribution in [3.8, 4) is 0 Å². The molecule has 2 fully saturated rings. The number of carbonyl (C=O) groups is 2. The van der Waals surface area contributed by atoms with E-state index in [1.165, 1.54) is 12.8 Å². The predicted molar refractivity (Wildman–Crippen MR) is 102 cm³/mol. The lowest BCUT2D eigenvalue weighted by atomic mass is 9.65. The molecule has 0 bridgehead atoms. The third-order valence-corrected chi connectivity index (χ3v) is 7.24. The van der Waals surface area contributed by atoms with Crippen molar-refractivity contribution in [1.82, 2.24) is 9.80 Å². The normalized spacial score (nSPS) is 21.5. The Balaban J connectivity index is 1.84. The SMILES string of the molecule is CC(=O)N1CCC(C(C)(C)CCC(C)(C)C2CCN(C=O)CC2)CC1. The predicted octanol–water partition coefficient (Wildman–Crippen LogP) is 3.95. The summed E-state index contributed by atoms with van der Waals surface area (Å²) in [7, 11) is 0. The summed E-state index contributed by atoms with van der Waals surface area (Å²) in [4.78, 5) is 26.4. The molecule has 2 aliphatic rings. The average Bonchev–Trinajstić information content (AvgIpc) is 2.60. The summed E-state index contributed by atoms with van der Waals surface area (Å²) in [6.07, 6.45) is 8.07. The highest BCUT2D eigenvalue weighted by Gasteiger charge is 2.37. The molecule has 144 valence electrons. The Morgan fingerprint density at radius 1 is 0.880 bits per heavy atom. The van der Waals surface area contributed by atoms with Crippen LogP contribution in [0.25, 0.3) is 0 Å². The molecular formula is C21H38N2O2. The summed E-state index contributed by atoms with van der Waals surface area (Å²) >= 11 is 0. The van der Waals surface area contributed by atoms with Crippen molar-refractivity contribution in [3.63, 3.8) is 0 Å². The number of piperidine rings is 2. The average molecular weight is 351 g/mol. The van der Waals surface area contributed by atoms with Crippen molar-refractivity contribution >= 4 is 12.3 Å². The fourth-order valence-electron chi connectivity index (χ4n) is 4.81. The van der Waals surface area contributed by atoms with Crippen LogP contribution in [0.2, 0.25) is 0 Å². The van der Waals surface area contributed by atoms with Crippen LogP contribution in [0.15, 0.2) is 0 Å². The van der Waals surface area contributed by atoms with E-state index in [0.29, 0.717) is 10.8 Å². The number of carbonyl (C=O) groups excluding carboxylic acids is 2. The molecule has 0 saturated carbocycles. The van der Waals surface area contributed by atoms with E-state index in [9.17, 15) is 9.59 Å². The van der Waals surface area contributed by atoms with Crippen molar-refractivity contribution in [2.75, 3.05) is 26.2 Å². The molecule has 2 heterocycles. The van der Waals surface area contributed by atoms with Gasteiger partial charge in [-0.3, -0.25) is 9.59 Å². The van der Waals surface area contributed by atoms with Gasteiger partial charge in [-0.15, -0.1) is 0 Å². The van der Waals surface area contributed by atoms with Crippen LogP contribution in [0.5, 0.6) is 0 Å². The maximum Gasteiger partial charge on any atom is 0.219 e. The van der Waals surface area contributed by atoms with Gasteiger partial charge in [-0.1, -0.05) is 27.7 Å². The molecule has 2 aliphatic heterocycles. The van der Waals surface area contributed by atoms with E-state index < -0.39 is 0 Å². The molecule has 0 unspecified atom stereocenters. The minimum Gasteiger partial charge on any atom is -0.345 e. The number of rotatable bonds is 6. The topological polar surface area (TPSA) is 40.6 Å². The third kappa shape index (κ3) is 5.21. The number of likely N-dealkylation sites (tertiary alicyclic amines) is 2. The van der Waals surface area contributed by atoms with Gasteiger partial charge in [0, 0.05) is 33.1 Å². The highest BCUT2D eigenvalue weighted by atomic mass is 16.2. The molecule has 2 amide bonds. The van der Waals surface area contributed by atoms with E-state index in [1.54, 1.807) is 6.92 Å². The first-order valence-corrected chi connectivity index (χ1v) is 10.1. The molecule has 4 nitrogen and oxygen atoms in total. The van der Waals surface area contributed by atoms with Crippen LogP contribution in [-0.2, 0) is 9.59 Å². The van der Waals surface area contributed by atoms with Gasteiger partial charge >= 0.3 is 0 Å². The first-order valence-electron chi connectivity index (χ1n) is 10.1. The van der Waals surface area contributed by atoms with E-state index in [0.717, 1.165) is 70.1 Å². The number of hydrogen-bond acceptors (Lipinski definition) is 2. The van der Waals surface area contributed by atoms with Crippen LogP contribution in [0, 0.1) is 22.7 Å². The Kier molecular flexibility index (Phi) is 6.56. The molecule has 0 N–H and O–H groups in total. The molecule has 0 radical (unpaired) electrons. The number of nitrogens with zero attached hydrogens (tertiary/aromatic N) is 2. The summed E-state index contributed by atoms with van der Waals surface area (Å²) in [6.45, 7) is 15.1. The van der Waals surface area contributed by atoms with E-state index in [-0.39, 0.29) is 5.91 Å². The summed E-state index contributed by atoms with van der Waals surface area (Å²) in [5.41, 5.74) is 0.677. The summed E-state index contributed by atoms with van der Waals surface area (Å²) < 4.78 is 0. The van der Waals surface area contributed by atoms with Crippen molar-refractivity contribution < 1.29 is 9.59 Å². The molecule has 2 rings (SSSR count). The molecule has 0 aromatic rings. The minimum atomic E-state index is 0.221. The fourth-order valence-corrected chi connectivity index (χ4v) is 4.81. The van der Waals surface area contributed by atoms with Crippen LogP contribution < -0.4 is 0 Å². The molecule has 4 heteroatoms. The molecule has 0 spiro atoms. The van der Waals surface area contributed by atoms with Gasteiger partial charge in [0.1, 0.15) is 0 Å². The standard InChI is InChI=1S/C21H38N2O2/c1-17(25)23-14-8-19(9-15-23)21(4,5)11-10-20(2,3)18-6-12-22(16-24)13-7-18/h16,18-19H,6-15H2,1-5H3. The highest BCUT2D eigenvalue weighted by Crippen LogP contribution is 2.45. The first-order chi connectivity index (χ1) is 11.7. The molecule has 0 atom stereocenters. The van der Waals surface area contributed by atoms with E-state index in [2.05, 4.69) is 27.7 Å². The van der Waals surface area contributed by atoms with E-state index in [1.807, 2.05) is 9.80 Å². The molecule has 0 aromatic heterocycles. The second kappa shape index (κ2) is 8.09. The maximum absolute atomic E-state index is 11.5. The Labute approximate surface area is 154 Å². The van der Waals surface area contributed by atoms with Gasteiger partial charge < -0.3 is 9.80 Å². The summed E-state index contributed by atoms with van der Waals surface area (Å²) in [6, 6.07) is 0. The second-order valence-corrected chi connectivity index (χ2v) is 9.67. The van der Waals surface area contributed by atoms with Crippen LogP contribution in [0.1, 0.15) is 73.1 Å². The lowest BCUT2D eigenvalue weighted by Crippen LogP contribution is -2.42. The van der Waals surface area contributed by atoms with E-state index >= 15 is 0 Å². The highest BCUT2D eigenvalue weighted by molar-refractivity contribution is 5.73. The molecule has 25 heavy (non-hydrogen) atoms. The van der Waals surface area contributed by atoms with E-state index in [4.69, 9.17) is 0 Å². The Hall–Kier alpha value is -1.06. The minimum absolute atomic E-state index is 0.221. The maximum atomic E-state index is 11.5. The quantitative estimate of drug-likeness (QED) is 0.681. The van der Waals surface area contributed by atoms with Gasteiger partial charge in [-0.2, -0.15) is 0 Å². The van der Waals surface area contributed by atoms with Gasteiger partial charge in [-0.25, -0.2) is 0 Å². The molecule has 0 aromatic carbocycles. The van der Waals surface area contributed by atoms with Gasteiger partial charge in [0.2, 0.25) is 12.3 Å².